The number of piperazine rings is 1. The molecule has 4 nitrogen and oxygen atoms in total. The predicted octanol–water partition coefficient (Wildman–Crippen LogP) is 2.54. The largest absolute Gasteiger partial charge is 0.360 e. The number of carbonyl (C=O) groups is 1. The number of hydrogen-bond donors (Lipinski definition) is 2. The fraction of sp³-hybridized carbons (Fsp3) is 0.409. The van der Waals surface area contributed by atoms with E-state index in [4.69, 9.17) is 0 Å². The van der Waals surface area contributed by atoms with Crippen LogP contribution in [0.1, 0.15) is 32.3 Å². The van der Waals surface area contributed by atoms with Crippen LogP contribution in [0.2, 0.25) is 0 Å². The van der Waals surface area contributed by atoms with Gasteiger partial charge in [0.05, 0.1) is 26.2 Å². The molecule has 1 heterocycles. The molecular weight excluding hydrogens is 322 g/mol. The minimum atomic E-state index is -0.0438. The van der Waals surface area contributed by atoms with Gasteiger partial charge >= 0.3 is 0 Å². The van der Waals surface area contributed by atoms with Gasteiger partial charge in [0.1, 0.15) is 0 Å². The number of hydrogen-bond acceptors (Lipinski definition) is 2. The van der Waals surface area contributed by atoms with Gasteiger partial charge in [-0.1, -0.05) is 44.2 Å². The fourth-order valence-corrected chi connectivity index (χ4v) is 3.51. The highest BCUT2D eigenvalue weighted by molar-refractivity contribution is 5.93. The summed E-state index contributed by atoms with van der Waals surface area (Å²) < 4.78 is 0. The van der Waals surface area contributed by atoms with E-state index in [0.29, 0.717) is 5.92 Å². The molecule has 1 fully saturated rings. The van der Waals surface area contributed by atoms with Crippen LogP contribution in [-0.2, 0) is 4.79 Å². The van der Waals surface area contributed by atoms with Crippen LogP contribution < -0.4 is 15.1 Å². The van der Waals surface area contributed by atoms with Gasteiger partial charge in [0.25, 0.3) is 5.91 Å². The number of benzene rings is 2. The summed E-state index contributed by atoms with van der Waals surface area (Å²) in [6, 6.07) is 18.7. The average Bonchev–Trinajstić information content (AvgIpc) is 2.68. The molecule has 1 amide bonds. The smallest absolute Gasteiger partial charge is 0.282 e. The second-order valence-electron chi connectivity index (χ2n) is 7.47. The third kappa shape index (κ3) is 4.44. The zero-order valence-corrected chi connectivity index (χ0v) is 16.0. The summed E-state index contributed by atoms with van der Waals surface area (Å²) in [4.78, 5) is 16.4. The van der Waals surface area contributed by atoms with Gasteiger partial charge in [-0.05, 0) is 42.7 Å². The van der Waals surface area contributed by atoms with E-state index < -0.39 is 0 Å². The lowest BCUT2D eigenvalue weighted by Crippen LogP contribution is -3.19. The van der Waals surface area contributed by atoms with Gasteiger partial charge in [-0.25, -0.2) is 0 Å². The van der Waals surface area contributed by atoms with Crippen LogP contribution in [0.15, 0.2) is 54.6 Å². The summed E-state index contributed by atoms with van der Waals surface area (Å²) in [5.74, 6) is 0.606. The third-order valence-corrected chi connectivity index (χ3v) is 5.38. The summed E-state index contributed by atoms with van der Waals surface area (Å²) in [6.07, 6.45) is 0. The van der Waals surface area contributed by atoms with Gasteiger partial charge in [0.15, 0.2) is 6.04 Å². The maximum Gasteiger partial charge on any atom is 0.282 e. The molecular formula is C22H30N3O+. The number of nitrogens with one attached hydrogen (secondary N) is 2. The lowest BCUT2D eigenvalue weighted by Gasteiger charge is -2.36. The highest BCUT2D eigenvalue weighted by Gasteiger charge is 2.29. The first-order chi connectivity index (χ1) is 12.5. The molecule has 138 valence electrons. The van der Waals surface area contributed by atoms with Gasteiger partial charge < -0.3 is 15.1 Å². The van der Waals surface area contributed by atoms with Gasteiger partial charge in [-0.15, -0.1) is 0 Å². The highest BCUT2D eigenvalue weighted by atomic mass is 16.2. The fourth-order valence-electron chi connectivity index (χ4n) is 3.51. The van der Waals surface area contributed by atoms with Crippen molar-refractivity contribution in [3.63, 3.8) is 0 Å². The van der Waals surface area contributed by atoms with Crippen molar-refractivity contribution in [1.82, 2.24) is 0 Å². The lowest BCUT2D eigenvalue weighted by molar-refractivity contribution is -0.914. The molecule has 0 bridgehead atoms. The van der Waals surface area contributed by atoms with Crippen LogP contribution in [0, 0.1) is 0 Å². The molecule has 26 heavy (non-hydrogen) atoms. The molecule has 1 aliphatic rings. The molecule has 0 spiro atoms. The average molecular weight is 353 g/mol. The van der Waals surface area contributed by atoms with Gasteiger partial charge in [-0.2, -0.15) is 0 Å². The van der Waals surface area contributed by atoms with E-state index >= 15 is 0 Å². The van der Waals surface area contributed by atoms with Gasteiger partial charge in [0.2, 0.25) is 0 Å². The van der Waals surface area contributed by atoms with Crippen molar-refractivity contribution in [3.8, 4) is 0 Å². The normalized spacial score (nSPS) is 16.5. The van der Waals surface area contributed by atoms with E-state index in [-0.39, 0.29) is 11.9 Å². The second kappa shape index (κ2) is 8.37. The Labute approximate surface area is 156 Å². The van der Waals surface area contributed by atoms with Crippen molar-refractivity contribution >= 4 is 17.3 Å². The molecule has 2 N–H and O–H groups in total. The Hall–Kier alpha value is -2.33. The zero-order chi connectivity index (χ0) is 18.5. The third-order valence-electron chi connectivity index (χ3n) is 5.38. The molecule has 3 rings (SSSR count). The molecule has 1 aliphatic heterocycles. The van der Waals surface area contributed by atoms with E-state index in [1.54, 1.807) is 0 Å². The number of quaternary nitrogens is 1. The topological polar surface area (TPSA) is 36.8 Å². The molecule has 0 saturated carbocycles. The number of nitrogens with zero attached hydrogens (tertiary/aromatic N) is 1. The molecule has 2 aromatic rings. The monoisotopic (exact) mass is 352 g/mol. The van der Waals surface area contributed by atoms with E-state index in [9.17, 15) is 4.79 Å². The lowest BCUT2D eigenvalue weighted by atomic mass is 10.0. The van der Waals surface area contributed by atoms with Crippen molar-refractivity contribution in [2.24, 2.45) is 0 Å². The summed E-state index contributed by atoms with van der Waals surface area (Å²) >= 11 is 0. The Kier molecular flexibility index (Phi) is 5.94. The Morgan fingerprint density at radius 2 is 1.58 bits per heavy atom. The Morgan fingerprint density at radius 1 is 0.962 bits per heavy atom. The first-order valence-electron chi connectivity index (χ1n) is 9.60. The first-order valence-corrected chi connectivity index (χ1v) is 9.60. The summed E-state index contributed by atoms with van der Waals surface area (Å²) in [5.41, 5.74) is 3.45. The van der Waals surface area contributed by atoms with E-state index in [0.717, 1.165) is 31.9 Å². The minimum Gasteiger partial charge on any atom is -0.360 e. The van der Waals surface area contributed by atoms with Crippen LogP contribution in [-0.4, -0.2) is 38.1 Å². The number of carbonyl (C=O) groups excluding carboxylic acids is 1. The van der Waals surface area contributed by atoms with Gasteiger partial charge in [0, 0.05) is 11.4 Å². The number of rotatable bonds is 5. The maximum atomic E-state index is 12.6. The molecule has 0 aromatic heterocycles. The zero-order valence-electron chi connectivity index (χ0n) is 16.0. The molecule has 1 saturated heterocycles. The SMILES string of the molecule is CC(C)c1ccc(NC(=O)[C@@H](C)[NH+]2CCN(c3ccccc3)CC2)cc1. The van der Waals surface area contributed by atoms with Gasteiger partial charge in [-0.3, -0.25) is 4.79 Å². The summed E-state index contributed by atoms with van der Waals surface area (Å²) in [5, 5.41) is 3.07. The van der Waals surface area contributed by atoms with E-state index in [2.05, 4.69) is 60.5 Å². The number of para-hydroxylation sites is 1. The summed E-state index contributed by atoms with van der Waals surface area (Å²) in [7, 11) is 0. The Bertz CT molecular complexity index is 704. The molecule has 4 heteroatoms. The molecule has 1 atom stereocenters. The molecule has 0 unspecified atom stereocenters. The van der Waals surface area contributed by atoms with Crippen molar-refractivity contribution in [2.75, 3.05) is 36.4 Å². The Balaban J connectivity index is 1.53. The van der Waals surface area contributed by atoms with E-state index in [1.807, 2.05) is 25.1 Å². The van der Waals surface area contributed by atoms with E-state index in [1.165, 1.54) is 16.2 Å². The van der Waals surface area contributed by atoms with Crippen molar-refractivity contribution in [1.29, 1.82) is 0 Å². The van der Waals surface area contributed by atoms with Crippen molar-refractivity contribution < 1.29 is 9.69 Å². The Morgan fingerprint density at radius 3 is 2.15 bits per heavy atom. The summed E-state index contributed by atoms with van der Waals surface area (Å²) in [6.45, 7) is 10.3. The van der Waals surface area contributed by atoms with Crippen LogP contribution in [0.25, 0.3) is 0 Å². The molecule has 2 aromatic carbocycles. The first kappa shape index (κ1) is 18.5. The highest BCUT2D eigenvalue weighted by Crippen LogP contribution is 2.17. The second-order valence-corrected chi connectivity index (χ2v) is 7.47. The maximum absolute atomic E-state index is 12.6. The standard InChI is InChI=1S/C22H29N3O/c1-17(2)19-9-11-20(12-10-19)23-22(26)18(3)24-13-15-25(16-14-24)21-7-5-4-6-8-21/h4-12,17-18H,13-16H2,1-3H3,(H,23,26)/p+1/t18-/m1/s1. The van der Waals surface area contributed by atoms with Crippen molar-refractivity contribution in [3.05, 3.63) is 60.2 Å². The van der Waals surface area contributed by atoms with Crippen LogP contribution in [0.5, 0.6) is 0 Å². The molecule has 0 radical (unpaired) electrons. The minimum absolute atomic E-state index is 0.0438. The molecule has 0 aliphatic carbocycles. The van der Waals surface area contributed by atoms with Crippen LogP contribution >= 0.6 is 0 Å². The predicted molar refractivity (Wildman–Crippen MR) is 108 cm³/mol. The van der Waals surface area contributed by atoms with Crippen LogP contribution in [0.4, 0.5) is 11.4 Å². The quantitative estimate of drug-likeness (QED) is 0.868. The number of anilines is 2. The number of amides is 1. The van der Waals surface area contributed by atoms with Crippen molar-refractivity contribution in [2.45, 2.75) is 32.7 Å². The van der Waals surface area contributed by atoms with Crippen LogP contribution in [0.3, 0.4) is 0 Å².